The fourth-order valence-electron chi connectivity index (χ4n) is 10.2. The van der Waals surface area contributed by atoms with Crippen LogP contribution < -0.4 is 0 Å². The van der Waals surface area contributed by atoms with E-state index in [1.165, 1.54) is 121 Å². The second-order valence-electron chi connectivity index (χ2n) is 16.5. The zero-order valence-electron chi connectivity index (χ0n) is 32.9. The molecule has 0 unspecified atom stereocenters. The van der Waals surface area contributed by atoms with Crippen LogP contribution in [0.1, 0.15) is 11.1 Å². The lowest BCUT2D eigenvalue weighted by Gasteiger charge is -2.21. The summed E-state index contributed by atoms with van der Waals surface area (Å²) in [4.78, 5) is 0. The van der Waals surface area contributed by atoms with Crippen molar-refractivity contribution in [3.05, 3.63) is 217 Å². The molecule has 10 aromatic carbocycles. The van der Waals surface area contributed by atoms with Crippen LogP contribution in [0, 0.1) is 0 Å². The van der Waals surface area contributed by atoms with Crippen LogP contribution in [0.4, 0.5) is 0 Å². The second-order valence-corrected chi connectivity index (χ2v) is 16.5. The number of hydrogen-bond acceptors (Lipinski definition) is 0. The molecule has 2 heteroatoms. The topological polar surface area (TPSA) is 9.86 Å². The van der Waals surface area contributed by atoms with Gasteiger partial charge in [-0.25, -0.2) is 0 Å². The Kier molecular flexibility index (Phi) is 7.17. The van der Waals surface area contributed by atoms with Gasteiger partial charge in [0.05, 0.1) is 22.1 Å². The van der Waals surface area contributed by atoms with E-state index < -0.39 is 0 Å². The molecule has 2 aromatic heterocycles. The number of benzene rings is 10. The molecule has 2 heterocycles. The highest BCUT2D eigenvalue weighted by molar-refractivity contribution is 6.14. The average molecular weight is 763 g/mol. The summed E-state index contributed by atoms with van der Waals surface area (Å²) in [5.74, 6) is 0. The average Bonchev–Trinajstić information content (AvgIpc) is 3.81. The van der Waals surface area contributed by atoms with Crippen LogP contribution in [0.2, 0.25) is 0 Å². The number of hydrogen-bond donors (Lipinski definition) is 0. The molecule has 60 heavy (non-hydrogen) atoms. The van der Waals surface area contributed by atoms with E-state index in [0.717, 1.165) is 12.8 Å². The zero-order valence-corrected chi connectivity index (χ0v) is 32.9. The molecule has 0 atom stereocenters. The van der Waals surface area contributed by atoms with Crippen molar-refractivity contribution in [3.8, 4) is 44.8 Å². The van der Waals surface area contributed by atoms with Crippen molar-refractivity contribution in [3.63, 3.8) is 0 Å². The number of fused-ring (bicyclic) bond motifs is 11. The number of aryl methyl sites for hydroxylation is 2. The molecule has 2 nitrogen and oxygen atoms in total. The molecule has 0 saturated carbocycles. The summed E-state index contributed by atoms with van der Waals surface area (Å²) in [6.07, 6.45) is 2.01. The van der Waals surface area contributed by atoms with E-state index in [1.54, 1.807) is 0 Å². The molecule has 0 aliphatic heterocycles. The van der Waals surface area contributed by atoms with Crippen molar-refractivity contribution in [1.29, 1.82) is 0 Å². The standard InChI is InChI=1S/C58H38N2/c1-3-15-47(16-4-1)59-55-27-25-43(41-21-19-37-11-7-9-13-39(37)29-41)31-51(55)53-33-45-23-24-46-34-54-52-32-44(42-22-20-38-12-8-10-14-40(38)30-42)26-28-56(52)60(48-17-5-2-6-18-48)58(54)36-50(46)49(45)35-57(53)59/h1-22,25-36H,23-24H2. The second kappa shape index (κ2) is 12.9. The molecule has 0 bridgehead atoms. The third kappa shape index (κ3) is 5.07. The maximum absolute atomic E-state index is 2.51. The quantitative estimate of drug-likeness (QED) is 0.169. The van der Waals surface area contributed by atoms with Crippen molar-refractivity contribution < 1.29 is 0 Å². The molecule has 12 aromatic rings. The number of aromatic nitrogens is 2. The first-order valence-corrected chi connectivity index (χ1v) is 21.0. The molecule has 1 aliphatic rings. The molecule has 0 amide bonds. The number of rotatable bonds is 4. The number of nitrogens with zero attached hydrogens (tertiary/aromatic N) is 2. The van der Waals surface area contributed by atoms with Crippen molar-refractivity contribution in [2.75, 3.05) is 0 Å². The molecule has 0 radical (unpaired) electrons. The van der Waals surface area contributed by atoms with Crippen LogP contribution in [-0.2, 0) is 12.8 Å². The van der Waals surface area contributed by atoms with Crippen LogP contribution in [0.15, 0.2) is 206 Å². The fraction of sp³-hybridized carbons (Fsp3) is 0.0345. The van der Waals surface area contributed by atoms with Gasteiger partial charge in [0.2, 0.25) is 0 Å². The normalized spacial score (nSPS) is 12.5. The van der Waals surface area contributed by atoms with Gasteiger partial charge in [-0.3, -0.25) is 0 Å². The van der Waals surface area contributed by atoms with Gasteiger partial charge in [-0.15, -0.1) is 0 Å². The predicted octanol–water partition coefficient (Wildman–Crippen LogP) is 15.3. The lowest BCUT2D eigenvalue weighted by molar-refractivity contribution is 0.946. The summed E-state index contributed by atoms with van der Waals surface area (Å²) in [6, 6.07) is 76.7. The van der Waals surface area contributed by atoms with Gasteiger partial charge in [0.15, 0.2) is 0 Å². The maximum atomic E-state index is 2.51. The van der Waals surface area contributed by atoms with Crippen LogP contribution in [0.5, 0.6) is 0 Å². The summed E-state index contributed by atoms with van der Waals surface area (Å²) >= 11 is 0. The van der Waals surface area contributed by atoms with E-state index in [1.807, 2.05) is 0 Å². The van der Waals surface area contributed by atoms with Gasteiger partial charge in [0, 0.05) is 32.9 Å². The first-order chi connectivity index (χ1) is 29.7. The molecule has 13 rings (SSSR count). The molecule has 0 fully saturated rings. The highest BCUT2D eigenvalue weighted by atomic mass is 15.0. The Labute approximate surface area is 347 Å². The monoisotopic (exact) mass is 762 g/mol. The Balaban J connectivity index is 1.03. The molecule has 0 N–H and O–H groups in total. The molecular formula is C58H38N2. The van der Waals surface area contributed by atoms with Gasteiger partial charge >= 0.3 is 0 Å². The van der Waals surface area contributed by atoms with Gasteiger partial charge in [0.1, 0.15) is 0 Å². The highest BCUT2D eigenvalue weighted by Crippen LogP contribution is 2.45. The summed E-state index contributed by atoms with van der Waals surface area (Å²) in [5, 5.41) is 10.2. The Bertz CT molecular complexity index is 3450. The fourth-order valence-corrected chi connectivity index (χ4v) is 10.2. The van der Waals surface area contributed by atoms with E-state index in [-0.39, 0.29) is 0 Å². The Morgan fingerprint density at radius 1 is 0.267 bits per heavy atom. The smallest absolute Gasteiger partial charge is 0.0547 e. The zero-order chi connectivity index (χ0) is 39.3. The third-order valence-electron chi connectivity index (χ3n) is 13.1. The van der Waals surface area contributed by atoms with Crippen molar-refractivity contribution in [1.82, 2.24) is 9.13 Å². The summed E-state index contributed by atoms with van der Waals surface area (Å²) in [5.41, 5.74) is 17.7. The SMILES string of the molecule is c1ccc(-n2c3ccc(-c4ccc5ccccc5c4)cc3c3cc4c(cc32)-c2cc3c(cc2CC4)c2cc(-c4ccc5ccccc5c4)ccc2n3-c2ccccc2)cc1. The predicted molar refractivity (Wildman–Crippen MR) is 254 cm³/mol. The minimum absolute atomic E-state index is 1.01. The van der Waals surface area contributed by atoms with E-state index in [0.29, 0.717) is 0 Å². The maximum Gasteiger partial charge on any atom is 0.0547 e. The lowest BCUT2D eigenvalue weighted by atomic mass is 9.84. The molecule has 0 saturated heterocycles. The van der Waals surface area contributed by atoms with Gasteiger partial charge < -0.3 is 9.13 Å². The van der Waals surface area contributed by atoms with Crippen molar-refractivity contribution in [2.24, 2.45) is 0 Å². The highest BCUT2D eigenvalue weighted by Gasteiger charge is 2.24. The minimum Gasteiger partial charge on any atom is -0.309 e. The molecule has 1 aliphatic carbocycles. The van der Waals surface area contributed by atoms with E-state index in [9.17, 15) is 0 Å². The van der Waals surface area contributed by atoms with Gasteiger partial charge in [-0.1, -0.05) is 121 Å². The Morgan fingerprint density at radius 2 is 0.633 bits per heavy atom. The molecule has 0 spiro atoms. The molecule has 280 valence electrons. The Morgan fingerprint density at radius 3 is 1.08 bits per heavy atom. The van der Waals surface area contributed by atoms with Gasteiger partial charge in [-0.2, -0.15) is 0 Å². The van der Waals surface area contributed by atoms with Crippen LogP contribution in [0.3, 0.4) is 0 Å². The van der Waals surface area contributed by atoms with Crippen LogP contribution >= 0.6 is 0 Å². The first-order valence-electron chi connectivity index (χ1n) is 21.0. The summed E-state index contributed by atoms with van der Waals surface area (Å²) in [6.45, 7) is 0. The largest absolute Gasteiger partial charge is 0.309 e. The number of para-hydroxylation sites is 2. The van der Waals surface area contributed by atoms with Crippen molar-refractivity contribution >= 4 is 65.2 Å². The van der Waals surface area contributed by atoms with E-state index in [4.69, 9.17) is 0 Å². The lowest BCUT2D eigenvalue weighted by Crippen LogP contribution is -2.05. The van der Waals surface area contributed by atoms with Gasteiger partial charge in [-0.05, 0) is 164 Å². The van der Waals surface area contributed by atoms with E-state index >= 15 is 0 Å². The van der Waals surface area contributed by atoms with Crippen LogP contribution in [0.25, 0.3) is 110 Å². The van der Waals surface area contributed by atoms with Crippen molar-refractivity contribution in [2.45, 2.75) is 12.8 Å². The third-order valence-corrected chi connectivity index (χ3v) is 13.1. The van der Waals surface area contributed by atoms with Gasteiger partial charge in [0.25, 0.3) is 0 Å². The molecular weight excluding hydrogens is 725 g/mol. The summed E-state index contributed by atoms with van der Waals surface area (Å²) < 4.78 is 4.94. The van der Waals surface area contributed by atoms with E-state index in [2.05, 4.69) is 215 Å². The van der Waals surface area contributed by atoms with Crippen LogP contribution in [-0.4, -0.2) is 9.13 Å². The Hall–Kier alpha value is -7.68. The minimum atomic E-state index is 1.01. The first kappa shape index (κ1) is 33.3. The summed E-state index contributed by atoms with van der Waals surface area (Å²) in [7, 11) is 0.